The van der Waals surface area contributed by atoms with Crippen LogP contribution in [0.4, 0.5) is 0 Å². The summed E-state index contributed by atoms with van der Waals surface area (Å²) in [5, 5.41) is 9.24. The van der Waals surface area contributed by atoms with E-state index in [-0.39, 0.29) is 18.5 Å². The minimum atomic E-state index is -0.535. The molecule has 0 aromatic heterocycles. The third-order valence-corrected chi connectivity index (χ3v) is 4.24. The van der Waals surface area contributed by atoms with E-state index < -0.39 is 5.60 Å². The van der Waals surface area contributed by atoms with Gasteiger partial charge in [0.05, 0.1) is 5.92 Å². The Hall–Kier alpha value is -1.35. The van der Waals surface area contributed by atoms with Gasteiger partial charge in [-0.25, -0.2) is 0 Å². The zero-order chi connectivity index (χ0) is 15.7. The van der Waals surface area contributed by atoms with E-state index in [0.717, 1.165) is 31.2 Å². The lowest BCUT2D eigenvalue weighted by Crippen LogP contribution is -2.36. The van der Waals surface area contributed by atoms with Crippen molar-refractivity contribution in [2.75, 3.05) is 6.61 Å². The van der Waals surface area contributed by atoms with Gasteiger partial charge in [-0.1, -0.05) is 57.5 Å². The number of carbonyl (C=O) groups is 1. The second-order valence-electron chi connectivity index (χ2n) is 5.54. The molecule has 1 N–H and O–H groups in total. The van der Waals surface area contributed by atoms with Crippen LogP contribution in [0, 0.1) is 0 Å². The van der Waals surface area contributed by atoms with Gasteiger partial charge in [-0.15, -0.1) is 0 Å². The van der Waals surface area contributed by atoms with Crippen LogP contribution >= 0.6 is 0 Å². The normalized spacial score (nSPS) is 13.0. The van der Waals surface area contributed by atoms with Crippen LogP contribution in [-0.4, -0.2) is 23.3 Å². The zero-order valence-corrected chi connectivity index (χ0v) is 13.5. The fourth-order valence-corrected chi connectivity index (χ4v) is 2.68. The molecule has 0 fully saturated rings. The predicted octanol–water partition coefficient (Wildman–Crippen LogP) is 4.05. The lowest BCUT2D eigenvalue weighted by molar-refractivity contribution is -0.164. The number of esters is 1. The van der Waals surface area contributed by atoms with Gasteiger partial charge in [0.15, 0.2) is 0 Å². The highest BCUT2D eigenvalue weighted by Gasteiger charge is 2.33. The first-order valence-electron chi connectivity index (χ1n) is 8.01. The molecule has 0 radical (unpaired) electrons. The lowest BCUT2D eigenvalue weighted by atomic mass is 9.91. The number of rotatable bonds is 9. The first-order valence-corrected chi connectivity index (χ1v) is 8.01. The minimum Gasteiger partial charge on any atom is -0.459 e. The van der Waals surface area contributed by atoms with E-state index in [1.54, 1.807) is 0 Å². The van der Waals surface area contributed by atoms with Gasteiger partial charge in [-0.3, -0.25) is 4.79 Å². The molecule has 1 rings (SSSR count). The topological polar surface area (TPSA) is 46.5 Å². The first-order chi connectivity index (χ1) is 10.1. The van der Waals surface area contributed by atoms with Crippen molar-refractivity contribution < 1.29 is 14.6 Å². The molecule has 0 amide bonds. The maximum atomic E-state index is 12.6. The number of hydrogen-bond acceptors (Lipinski definition) is 3. The smallest absolute Gasteiger partial charge is 0.313 e. The molecule has 3 heteroatoms. The largest absolute Gasteiger partial charge is 0.459 e. The molecule has 0 bridgehead atoms. The second-order valence-corrected chi connectivity index (χ2v) is 5.54. The molecule has 21 heavy (non-hydrogen) atoms. The Morgan fingerprint density at radius 1 is 1.19 bits per heavy atom. The summed E-state index contributed by atoms with van der Waals surface area (Å²) in [7, 11) is 0. The van der Waals surface area contributed by atoms with Crippen LogP contribution in [0.15, 0.2) is 30.3 Å². The van der Waals surface area contributed by atoms with Gasteiger partial charge in [0, 0.05) is 13.0 Å². The van der Waals surface area contributed by atoms with E-state index in [2.05, 4.69) is 6.92 Å². The minimum absolute atomic E-state index is 0.0404. The number of aliphatic hydroxyl groups excluding tert-OH is 1. The van der Waals surface area contributed by atoms with E-state index in [1.807, 2.05) is 44.2 Å². The fourth-order valence-electron chi connectivity index (χ4n) is 2.68. The number of carbonyl (C=O) groups excluding carboxylic acids is 1. The molecule has 118 valence electrons. The second kappa shape index (κ2) is 8.83. The number of aliphatic hydroxyl groups is 1. The highest BCUT2D eigenvalue weighted by Crippen LogP contribution is 2.30. The molecule has 1 atom stereocenters. The third-order valence-electron chi connectivity index (χ3n) is 4.24. The van der Waals surface area contributed by atoms with E-state index >= 15 is 0 Å². The summed E-state index contributed by atoms with van der Waals surface area (Å²) in [6, 6.07) is 9.81. The molecule has 0 saturated carbocycles. The molecule has 0 spiro atoms. The van der Waals surface area contributed by atoms with Gasteiger partial charge in [0.25, 0.3) is 0 Å². The monoisotopic (exact) mass is 292 g/mol. The van der Waals surface area contributed by atoms with Crippen molar-refractivity contribution in [3.8, 4) is 0 Å². The molecular weight excluding hydrogens is 264 g/mol. The van der Waals surface area contributed by atoms with Crippen molar-refractivity contribution in [2.24, 2.45) is 0 Å². The molecule has 3 nitrogen and oxygen atoms in total. The number of hydrogen-bond donors (Lipinski definition) is 1. The van der Waals surface area contributed by atoms with Crippen molar-refractivity contribution in [1.82, 2.24) is 0 Å². The van der Waals surface area contributed by atoms with Crippen molar-refractivity contribution in [2.45, 2.75) is 64.4 Å². The van der Waals surface area contributed by atoms with Crippen molar-refractivity contribution in [1.29, 1.82) is 0 Å². The molecule has 1 aromatic rings. The lowest BCUT2D eigenvalue weighted by Gasteiger charge is -2.32. The van der Waals surface area contributed by atoms with E-state index in [4.69, 9.17) is 4.74 Å². The van der Waals surface area contributed by atoms with Crippen LogP contribution in [0.5, 0.6) is 0 Å². The fraction of sp³-hybridized carbons (Fsp3) is 0.611. The Morgan fingerprint density at radius 2 is 1.81 bits per heavy atom. The van der Waals surface area contributed by atoms with E-state index in [1.165, 1.54) is 0 Å². The van der Waals surface area contributed by atoms with Crippen LogP contribution < -0.4 is 0 Å². The van der Waals surface area contributed by atoms with Crippen LogP contribution in [-0.2, 0) is 9.53 Å². The van der Waals surface area contributed by atoms with Gasteiger partial charge in [0.2, 0.25) is 0 Å². The molecule has 1 aromatic carbocycles. The third kappa shape index (κ3) is 4.85. The van der Waals surface area contributed by atoms with Crippen molar-refractivity contribution in [3.05, 3.63) is 35.9 Å². The highest BCUT2D eigenvalue weighted by molar-refractivity contribution is 5.78. The Bertz CT molecular complexity index is 410. The Kier molecular flexibility index (Phi) is 7.44. The maximum absolute atomic E-state index is 12.6. The summed E-state index contributed by atoms with van der Waals surface area (Å²) in [6.45, 7) is 6.12. The average Bonchev–Trinajstić information content (AvgIpc) is 2.52. The predicted molar refractivity (Wildman–Crippen MR) is 85.2 cm³/mol. The Balaban J connectivity index is 2.91. The van der Waals surface area contributed by atoms with Crippen LogP contribution in [0.1, 0.15) is 64.4 Å². The maximum Gasteiger partial charge on any atom is 0.313 e. The van der Waals surface area contributed by atoms with Gasteiger partial charge < -0.3 is 9.84 Å². The van der Waals surface area contributed by atoms with Gasteiger partial charge in [-0.2, -0.15) is 0 Å². The van der Waals surface area contributed by atoms with E-state index in [9.17, 15) is 9.90 Å². The summed E-state index contributed by atoms with van der Waals surface area (Å²) in [5.74, 6) is -0.382. The first kappa shape index (κ1) is 17.7. The highest BCUT2D eigenvalue weighted by atomic mass is 16.6. The van der Waals surface area contributed by atoms with Gasteiger partial charge in [0.1, 0.15) is 5.60 Å². The zero-order valence-electron chi connectivity index (χ0n) is 13.5. The quantitative estimate of drug-likeness (QED) is 0.698. The van der Waals surface area contributed by atoms with Crippen molar-refractivity contribution in [3.63, 3.8) is 0 Å². The van der Waals surface area contributed by atoms with E-state index in [0.29, 0.717) is 6.42 Å². The summed E-state index contributed by atoms with van der Waals surface area (Å²) < 4.78 is 5.85. The Labute approximate surface area is 128 Å². The summed E-state index contributed by atoms with van der Waals surface area (Å²) >= 11 is 0. The molecule has 0 aliphatic carbocycles. The molecule has 0 aliphatic rings. The molecule has 0 aliphatic heterocycles. The number of benzene rings is 1. The SMILES string of the molecule is CCCC(C(=O)OC(CC)(CC)CCO)c1ccccc1. The van der Waals surface area contributed by atoms with Crippen LogP contribution in [0.25, 0.3) is 0 Å². The molecule has 0 saturated heterocycles. The van der Waals surface area contributed by atoms with Crippen LogP contribution in [0.2, 0.25) is 0 Å². The standard InChI is InChI=1S/C18H28O3/c1-4-10-16(15-11-8-7-9-12-15)17(20)21-18(5-2,6-3)13-14-19/h7-9,11-12,16,19H,4-6,10,13-14H2,1-3H3. The molecule has 1 unspecified atom stereocenters. The van der Waals surface area contributed by atoms with Gasteiger partial charge >= 0.3 is 5.97 Å². The summed E-state index contributed by atoms with van der Waals surface area (Å²) in [4.78, 5) is 12.6. The van der Waals surface area contributed by atoms with Crippen molar-refractivity contribution >= 4 is 5.97 Å². The average molecular weight is 292 g/mol. The molecular formula is C18H28O3. The van der Waals surface area contributed by atoms with Gasteiger partial charge in [-0.05, 0) is 24.8 Å². The summed E-state index contributed by atoms with van der Waals surface area (Å²) in [6.07, 6.45) is 3.66. The number of ether oxygens (including phenoxy) is 1. The summed E-state index contributed by atoms with van der Waals surface area (Å²) in [5.41, 5.74) is 0.474. The Morgan fingerprint density at radius 3 is 2.29 bits per heavy atom. The van der Waals surface area contributed by atoms with Crippen LogP contribution in [0.3, 0.4) is 0 Å². The molecule has 0 heterocycles.